The van der Waals surface area contributed by atoms with Crippen LogP contribution in [0.4, 0.5) is 0 Å². The fraction of sp³-hybridized carbons (Fsp3) is 0.333. The van der Waals surface area contributed by atoms with Gasteiger partial charge in [-0.25, -0.2) is 0 Å². The van der Waals surface area contributed by atoms with Gasteiger partial charge in [-0.1, -0.05) is 36.4 Å². The molecule has 0 saturated carbocycles. The van der Waals surface area contributed by atoms with E-state index in [0.717, 1.165) is 36.6 Å². The summed E-state index contributed by atoms with van der Waals surface area (Å²) in [5.74, 6) is 2.30. The van der Waals surface area contributed by atoms with Crippen molar-refractivity contribution >= 4 is 11.6 Å². The topological polar surface area (TPSA) is 21.7 Å². The third kappa shape index (κ3) is 3.80. The molecule has 1 aliphatic heterocycles. The van der Waals surface area contributed by atoms with Crippen LogP contribution >= 0.6 is 0 Å². The Labute approximate surface area is 144 Å². The van der Waals surface area contributed by atoms with Gasteiger partial charge in [0.15, 0.2) is 0 Å². The molecule has 0 N–H and O–H groups in total. The third-order valence-corrected chi connectivity index (χ3v) is 4.36. The van der Waals surface area contributed by atoms with Crippen molar-refractivity contribution < 1.29 is 9.47 Å². The first-order chi connectivity index (χ1) is 11.7. The second kappa shape index (κ2) is 7.54. The highest BCUT2D eigenvalue weighted by Crippen LogP contribution is 2.37. The molecular weight excluding hydrogens is 298 g/mol. The molecule has 0 radical (unpaired) electrons. The predicted octanol–water partition coefficient (Wildman–Crippen LogP) is 4.20. The average Bonchev–Trinajstić information content (AvgIpc) is 2.75. The van der Waals surface area contributed by atoms with Gasteiger partial charge in [0, 0.05) is 18.0 Å². The van der Waals surface area contributed by atoms with Gasteiger partial charge in [-0.2, -0.15) is 0 Å². The van der Waals surface area contributed by atoms with Crippen molar-refractivity contribution in [3.8, 4) is 11.5 Å². The first kappa shape index (κ1) is 16.6. The molecule has 2 aromatic rings. The molecule has 3 heteroatoms. The molecule has 0 spiro atoms. The van der Waals surface area contributed by atoms with Gasteiger partial charge < -0.3 is 14.4 Å². The quantitative estimate of drug-likeness (QED) is 0.842. The monoisotopic (exact) mass is 323 g/mol. The molecule has 0 aromatic heterocycles. The summed E-state index contributed by atoms with van der Waals surface area (Å²) in [7, 11) is 5.96. The van der Waals surface area contributed by atoms with Crippen molar-refractivity contribution in [2.24, 2.45) is 5.92 Å². The van der Waals surface area contributed by atoms with Crippen LogP contribution < -0.4 is 9.47 Å². The minimum absolute atomic E-state index is 0.440. The van der Waals surface area contributed by atoms with E-state index in [9.17, 15) is 0 Å². The standard InChI is InChI=1S/C21H25NO2/c1-22(2)15-17-11-12-24-21-10-5-4-9-19(21)20(17)14-16-7-6-8-18(13-16)23-3/h4-10,13-14,17H,11-12,15H2,1-3H3. The van der Waals surface area contributed by atoms with Crippen LogP contribution in [0.25, 0.3) is 11.6 Å². The van der Waals surface area contributed by atoms with Crippen LogP contribution in [-0.4, -0.2) is 39.3 Å². The minimum Gasteiger partial charge on any atom is -0.497 e. The van der Waals surface area contributed by atoms with Crippen LogP contribution in [0.1, 0.15) is 17.5 Å². The van der Waals surface area contributed by atoms with Gasteiger partial charge >= 0.3 is 0 Å². The summed E-state index contributed by atoms with van der Waals surface area (Å²) < 4.78 is 11.4. The number of benzene rings is 2. The van der Waals surface area contributed by atoms with Crippen molar-refractivity contribution in [3.05, 3.63) is 59.7 Å². The molecule has 0 saturated heterocycles. The largest absolute Gasteiger partial charge is 0.497 e. The first-order valence-corrected chi connectivity index (χ1v) is 8.40. The maximum absolute atomic E-state index is 5.99. The Hall–Kier alpha value is -2.26. The molecular formula is C21H25NO2. The van der Waals surface area contributed by atoms with Gasteiger partial charge in [-0.05, 0) is 49.9 Å². The third-order valence-electron chi connectivity index (χ3n) is 4.36. The Morgan fingerprint density at radius 3 is 2.79 bits per heavy atom. The Kier molecular flexibility index (Phi) is 5.21. The van der Waals surface area contributed by atoms with E-state index in [0.29, 0.717) is 5.92 Å². The molecule has 1 unspecified atom stereocenters. The summed E-state index contributed by atoms with van der Waals surface area (Å²) in [5, 5.41) is 0. The molecule has 1 heterocycles. The van der Waals surface area contributed by atoms with E-state index in [1.807, 2.05) is 18.2 Å². The molecule has 0 aliphatic carbocycles. The zero-order valence-electron chi connectivity index (χ0n) is 14.7. The summed E-state index contributed by atoms with van der Waals surface area (Å²) in [6.07, 6.45) is 3.30. The molecule has 0 fully saturated rings. The van der Waals surface area contributed by atoms with E-state index in [4.69, 9.17) is 9.47 Å². The van der Waals surface area contributed by atoms with Crippen molar-refractivity contribution in [2.45, 2.75) is 6.42 Å². The highest BCUT2D eigenvalue weighted by atomic mass is 16.5. The van der Waals surface area contributed by atoms with Gasteiger partial charge in [-0.15, -0.1) is 0 Å². The normalized spacial score (nSPS) is 18.8. The van der Waals surface area contributed by atoms with Crippen LogP contribution in [0.5, 0.6) is 11.5 Å². The Morgan fingerprint density at radius 1 is 1.17 bits per heavy atom. The molecule has 126 valence electrons. The van der Waals surface area contributed by atoms with E-state index in [2.05, 4.69) is 55.4 Å². The Balaban J connectivity index is 2.07. The average molecular weight is 323 g/mol. The first-order valence-electron chi connectivity index (χ1n) is 8.40. The number of fused-ring (bicyclic) bond motifs is 1. The van der Waals surface area contributed by atoms with Crippen LogP contribution in [-0.2, 0) is 0 Å². The number of rotatable bonds is 4. The highest BCUT2D eigenvalue weighted by Gasteiger charge is 2.23. The van der Waals surface area contributed by atoms with Crippen molar-refractivity contribution in [1.82, 2.24) is 4.90 Å². The van der Waals surface area contributed by atoms with E-state index >= 15 is 0 Å². The van der Waals surface area contributed by atoms with Gasteiger partial charge in [0.05, 0.1) is 13.7 Å². The zero-order chi connectivity index (χ0) is 16.9. The highest BCUT2D eigenvalue weighted by molar-refractivity contribution is 5.85. The number of ether oxygens (including phenoxy) is 2. The predicted molar refractivity (Wildman–Crippen MR) is 99.5 cm³/mol. The fourth-order valence-electron chi connectivity index (χ4n) is 3.25. The van der Waals surface area contributed by atoms with E-state index < -0.39 is 0 Å². The summed E-state index contributed by atoms with van der Waals surface area (Å²) in [6.45, 7) is 1.76. The molecule has 0 amide bonds. The molecule has 1 aliphatic rings. The molecule has 3 nitrogen and oxygen atoms in total. The lowest BCUT2D eigenvalue weighted by atomic mass is 9.88. The number of hydrogen-bond acceptors (Lipinski definition) is 3. The van der Waals surface area contributed by atoms with Crippen LogP contribution in [0.15, 0.2) is 48.5 Å². The van der Waals surface area contributed by atoms with Crippen LogP contribution in [0, 0.1) is 5.92 Å². The van der Waals surface area contributed by atoms with E-state index in [1.165, 1.54) is 11.1 Å². The summed E-state index contributed by atoms with van der Waals surface area (Å²) in [4.78, 5) is 2.25. The smallest absolute Gasteiger partial charge is 0.126 e. The van der Waals surface area contributed by atoms with Gasteiger partial charge in [0.1, 0.15) is 11.5 Å². The fourth-order valence-corrected chi connectivity index (χ4v) is 3.25. The molecule has 0 bridgehead atoms. The number of nitrogens with zero attached hydrogens (tertiary/aromatic N) is 1. The van der Waals surface area contributed by atoms with E-state index in [-0.39, 0.29) is 0 Å². The zero-order valence-corrected chi connectivity index (χ0v) is 14.7. The Morgan fingerprint density at radius 2 is 2.00 bits per heavy atom. The second-order valence-electron chi connectivity index (χ2n) is 6.47. The van der Waals surface area contributed by atoms with Crippen molar-refractivity contribution in [1.29, 1.82) is 0 Å². The molecule has 2 aromatic carbocycles. The second-order valence-corrected chi connectivity index (χ2v) is 6.47. The maximum Gasteiger partial charge on any atom is 0.126 e. The number of hydrogen-bond donors (Lipinski definition) is 0. The molecule has 1 atom stereocenters. The van der Waals surface area contributed by atoms with Crippen LogP contribution in [0.3, 0.4) is 0 Å². The summed E-state index contributed by atoms with van der Waals surface area (Å²) >= 11 is 0. The van der Waals surface area contributed by atoms with Crippen molar-refractivity contribution in [3.63, 3.8) is 0 Å². The lowest BCUT2D eigenvalue weighted by Gasteiger charge is -2.22. The molecule has 24 heavy (non-hydrogen) atoms. The lowest BCUT2D eigenvalue weighted by molar-refractivity contribution is 0.279. The molecule has 3 rings (SSSR count). The Bertz CT molecular complexity index is 721. The van der Waals surface area contributed by atoms with Crippen molar-refractivity contribution in [2.75, 3.05) is 34.4 Å². The van der Waals surface area contributed by atoms with Gasteiger partial charge in [-0.3, -0.25) is 0 Å². The minimum atomic E-state index is 0.440. The number of para-hydroxylation sites is 1. The summed E-state index contributed by atoms with van der Waals surface area (Å²) in [6, 6.07) is 16.6. The van der Waals surface area contributed by atoms with E-state index in [1.54, 1.807) is 7.11 Å². The maximum atomic E-state index is 5.99. The van der Waals surface area contributed by atoms with Gasteiger partial charge in [0.2, 0.25) is 0 Å². The number of methoxy groups -OCH3 is 1. The summed E-state index contributed by atoms with van der Waals surface area (Å²) in [5.41, 5.74) is 3.69. The van der Waals surface area contributed by atoms with Gasteiger partial charge in [0.25, 0.3) is 0 Å². The van der Waals surface area contributed by atoms with Crippen LogP contribution in [0.2, 0.25) is 0 Å². The lowest BCUT2D eigenvalue weighted by Crippen LogP contribution is -2.23. The SMILES string of the molecule is COc1cccc(C=C2c3ccccc3OCCC2CN(C)C)c1.